The molecule has 1 atom stereocenters. The molecule has 2 N–H and O–H groups in total. The first-order valence-corrected chi connectivity index (χ1v) is 6.08. The Hall–Kier alpha value is -0.570. The molecular formula is C12H24N2O. The van der Waals surface area contributed by atoms with Crippen molar-refractivity contribution < 1.29 is 4.79 Å². The van der Waals surface area contributed by atoms with E-state index in [0.29, 0.717) is 12.0 Å². The van der Waals surface area contributed by atoms with Crippen molar-refractivity contribution in [3.63, 3.8) is 0 Å². The fraction of sp³-hybridized carbons (Fsp3) is 0.917. The van der Waals surface area contributed by atoms with Crippen LogP contribution in [0.2, 0.25) is 0 Å². The lowest BCUT2D eigenvalue weighted by molar-refractivity contribution is -0.135. The average Bonchev–Trinajstić information content (AvgIpc) is 2.65. The summed E-state index contributed by atoms with van der Waals surface area (Å²) in [6, 6.07) is 0.0928. The topological polar surface area (TPSA) is 46.3 Å². The van der Waals surface area contributed by atoms with Crippen LogP contribution in [0.5, 0.6) is 0 Å². The number of nitrogens with zero attached hydrogens (tertiary/aromatic N) is 1. The normalized spacial score (nSPS) is 19.5. The Morgan fingerprint density at radius 3 is 2.27 bits per heavy atom. The molecule has 0 saturated heterocycles. The van der Waals surface area contributed by atoms with E-state index in [1.54, 1.807) is 6.92 Å². The van der Waals surface area contributed by atoms with Crippen molar-refractivity contribution in [2.24, 2.45) is 11.7 Å². The summed E-state index contributed by atoms with van der Waals surface area (Å²) in [5.41, 5.74) is 5.69. The van der Waals surface area contributed by atoms with Crippen LogP contribution in [0.4, 0.5) is 0 Å². The minimum atomic E-state index is -0.357. The van der Waals surface area contributed by atoms with Gasteiger partial charge >= 0.3 is 0 Å². The van der Waals surface area contributed by atoms with E-state index in [2.05, 4.69) is 13.8 Å². The number of carbonyl (C=O) groups excluding carboxylic acids is 1. The van der Waals surface area contributed by atoms with Crippen molar-refractivity contribution in [2.75, 3.05) is 6.54 Å². The van der Waals surface area contributed by atoms with Gasteiger partial charge in [0.15, 0.2) is 0 Å². The second-order valence-electron chi connectivity index (χ2n) is 5.11. The average molecular weight is 212 g/mol. The minimum Gasteiger partial charge on any atom is -0.338 e. The zero-order chi connectivity index (χ0) is 11.4. The van der Waals surface area contributed by atoms with Gasteiger partial charge < -0.3 is 10.6 Å². The van der Waals surface area contributed by atoms with Crippen molar-refractivity contribution in [1.29, 1.82) is 0 Å². The van der Waals surface area contributed by atoms with Crippen molar-refractivity contribution in [3.05, 3.63) is 0 Å². The lowest BCUT2D eigenvalue weighted by Crippen LogP contribution is -2.48. The van der Waals surface area contributed by atoms with Gasteiger partial charge in [-0.05, 0) is 25.7 Å². The molecule has 0 aromatic carbocycles. The molecule has 0 bridgehead atoms. The summed E-state index contributed by atoms with van der Waals surface area (Å²) in [7, 11) is 0. The molecule has 0 aromatic rings. The Kier molecular flexibility index (Phi) is 4.58. The Morgan fingerprint density at radius 2 is 1.87 bits per heavy atom. The number of nitrogens with two attached hydrogens (primary N) is 1. The van der Waals surface area contributed by atoms with Crippen LogP contribution in [-0.4, -0.2) is 29.4 Å². The second-order valence-corrected chi connectivity index (χ2v) is 5.11. The maximum atomic E-state index is 12.0. The Labute approximate surface area is 93.0 Å². The number of hydrogen-bond acceptors (Lipinski definition) is 2. The molecule has 3 nitrogen and oxygen atoms in total. The first-order chi connectivity index (χ1) is 7.02. The monoisotopic (exact) mass is 212 g/mol. The van der Waals surface area contributed by atoms with E-state index < -0.39 is 0 Å². The third-order valence-electron chi connectivity index (χ3n) is 3.00. The quantitative estimate of drug-likeness (QED) is 0.772. The molecule has 1 amide bonds. The number of carbonyl (C=O) groups is 1. The summed E-state index contributed by atoms with van der Waals surface area (Å²) < 4.78 is 0. The van der Waals surface area contributed by atoms with Gasteiger partial charge in [-0.15, -0.1) is 0 Å². The number of hydrogen-bond donors (Lipinski definition) is 1. The van der Waals surface area contributed by atoms with Gasteiger partial charge in [0.1, 0.15) is 0 Å². The van der Waals surface area contributed by atoms with Crippen molar-refractivity contribution in [1.82, 2.24) is 4.90 Å². The summed E-state index contributed by atoms with van der Waals surface area (Å²) >= 11 is 0. The van der Waals surface area contributed by atoms with Gasteiger partial charge in [0.25, 0.3) is 0 Å². The van der Waals surface area contributed by atoms with Crippen molar-refractivity contribution in [3.8, 4) is 0 Å². The van der Waals surface area contributed by atoms with Crippen LogP contribution in [0.3, 0.4) is 0 Å². The molecule has 0 aromatic heterocycles. The van der Waals surface area contributed by atoms with Gasteiger partial charge in [0, 0.05) is 12.6 Å². The summed E-state index contributed by atoms with van der Waals surface area (Å²) in [5.74, 6) is 0.643. The standard InChI is InChI=1S/C12H24N2O/c1-9(2)8-14(12(15)10(3)13)11-6-4-5-7-11/h9-11H,4-8,13H2,1-3H3. The van der Waals surface area contributed by atoms with E-state index in [1.165, 1.54) is 12.8 Å². The van der Waals surface area contributed by atoms with Crippen LogP contribution in [-0.2, 0) is 4.79 Å². The highest BCUT2D eigenvalue weighted by molar-refractivity contribution is 5.81. The molecule has 1 aliphatic rings. The molecule has 1 unspecified atom stereocenters. The zero-order valence-corrected chi connectivity index (χ0v) is 10.2. The summed E-state index contributed by atoms with van der Waals surface area (Å²) in [6.07, 6.45) is 4.83. The van der Waals surface area contributed by atoms with Crippen LogP contribution >= 0.6 is 0 Å². The Morgan fingerprint density at radius 1 is 1.33 bits per heavy atom. The number of amides is 1. The fourth-order valence-corrected chi connectivity index (χ4v) is 2.29. The van der Waals surface area contributed by atoms with E-state index in [0.717, 1.165) is 19.4 Å². The van der Waals surface area contributed by atoms with Crippen LogP contribution in [0.1, 0.15) is 46.5 Å². The van der Waals surface area contributed by atoms with E-state index in [-0.39, 0.29) is 11.9 Å². The molecular weight excluding hydrogens is 188 g/mol. The highest BCUT2D eigenvalue weighted by Crippen LogP contribution is 2.24. The van der Waals surface area contributed by atoms with Gasteiger partial charge in [-0.25, -0.2) is 0 Å². The second kappa shape index (κ2) is 5.50. The molecule has 1 aliphatic carbocycles. The summed E-state index contributed by atoms with van der Waals surface area (Å²) in [4.78, 5) is 14.0. The third-order valence-corrected chi connectivity index (χ3v) is 3.00. The fourth-order valence-electron chi connectivity index (χ4n) is 2.29. The molecule has 0 spiro atoms. The van der Waals surface area contributed by atoms with Crippen LogP contribution in [0.15, 0.2) is 0 Å². The Bertz CT molecular complexity index is 208. The first-order valence-electron chi connectivity index (χ1n) is 6.08. The highest BCUT2D eigenvalue weighted by Gasteiger charge is 2.28. The molecule has 15 heavy (non-hydrogen) atoms. The Balaban J connectivity index is 2.63. The summed E-state index contributed by atoms with van der Waals surface area (Å²) in [6.45, 7) is 6.93. The van der Waals surface area contributed by atoms with E-state index >= 15 is 0 Å². The minimum absolute atomic E-state index is 0.121. The first kappa shape index (κ1) is 12.5. The smallest absolute Gasteiger partial charge is 0.239 e. The van der Waals surface area contributed by atoms with Crippen LogP contribution in [0.25, 0.3) is 0 Å². The number of rotatable bonds is 4. The van der Waals surface area contributed by atoms with E-state index in [1.807, 2.05) is 4.90 Å². The van der Waals surface area contributed by atoms with Crippen molar-refractivity contribution >= 4 is 5.91 Å². The molecule has 1 fully saturated rings. The highest BCUT2D eigenvalue weighted by atomic mass is 16.2. The maximum absolute atomic E-state index is 12.0. The van der Waals surface area contributed by atoms with Crippen LogP contribution < -0.4 is 5.73 Å². The van der Waals surface area contributed by atoms with Crippen LogP contribution in [0, 0.1) is 5.92 Å². The molecule has 1 saturated carbocycles. The van der Waals surface area contributed by atoms with Crippen molar-refractivity contribution in [2.45, 2.75) is 58.5 Å². The third kappa shape index (κ3) is 3.49. The molecule has 0 heterocycles. The maximum Gasteiger partial charge on any atom is 0.239 e. The SMILES string of the molecule is CC(C)CN(C(=O)C(C)N)C1CCCC1. The van der Waals surface area contributed by atoms with Gasteiger partial charge in [-0.1, -0.05) is 26.7 Å². The molecule has 88 valence electrons. The van der Waals surface area contributed by atoms with Gasteiger partial charge in [-0.3, -0.25) is 4.79 Å². The predicted molar refractivity (Wildman–Crippen MR) is 62.5 cm³/mol. The van der Waals surface area contributed by atoms with Gasteiger partial charge in [0.2, 0.25) is 5.91 Å². The lowest BCUT2D eigenvalue weighted by atomic mass is 10.1. The predicted octanol–water partition coefficient (Wildman–Crippen LogP) is 1.76. The molecule has 0 aliphatic heterocycles. The molecule has 3 heteroatoms. The zero-order valence-electron chi connectivity index (χ0n) is 10.2. The largest absolute Gasteiger partial charge is 0.338 e. The van der Waals surface area contributed by atoms with Gasteiger partial charge in [-0.2, -0.15) is 0 Å². The van der Waals surface area contributed by atoms with E-state index in [9.17, 15) is 4.79 Å². The summed E-state index contributed by atoms with van der Waals surface area (Å²) in [5, 5.41) is 0. The molecule has 1 rings (SSSR count). The lowest BCUT2D eigenvalue weighted by Gasteiger charge is -2.32. The van der Waals surface area contributed by atoms with E-state index in [4.69, 9.17) is 5.73 Å². The van der Waals surface area contributed by atoms with Gasteiger partial charge in [0.05, 0.1) is 6.04 Å². The molecule has 0 radical (unpaired) electrons.